The molecule has 1 aromatic heterocycles. The van der Waals surface area contributed by atoms with E-state index in [1.807, 2.05) is 18.3 Å². The summed E-state index contributed by atoms with van der Waals surface area (Å²) >= 11 is 0. The first-order valence-corrected chi connectivity index (χ1v) is 5.88. The SMILES string of the molecule is c1cncc(N[C@H]2CO[C@]3(CCNC3)C2)c1. The van der Waals surface area contributed by atoms with Crippen LogP contribution in [0.2, 0.25) is 0 Å². The predicted molar refractivity (Wildman–Crippen MR) is 62.4 cm³/mol. The van der Waals surface area contributed by atoms with Crippen LogP contribution >= 0.6 is 0 Å². The Labute approximate surface area is 95.4 Å². The number of hydrogen-bond donors (Lipinski definition) is 2. The number of nitrogens with zero attached hydrogens (tertiary/aromatic N) is 1. The fraction of sp³-hybridized carbons (Fsp3) is 0.583. The van der Waals surface area contributed by atoms with Gasteiger partial charge in [0.2, 0.25) is 0 Å². The standard InChI is InChI=1S/C12H17N3O/c1-2-10(7-13-4-1)15-11-6-12(16-8-11)3-5-14-9-12/h1-2,4,7,11,14-15H,3,5-6,8-9H2/t11-,12-/m1/s1. The molecule has 86 valence electrons. The van der Waals surface area contributed by atoms with Crippen LogP contribution < -0.4 is 10.6 Å². The molecule has 1 aromatic rings. The van der Waals surface area contributed by atoms with Gasteiger partial charge < -0.3 is 15.4 Å². The molecule has 2 atom stereocenters. The van der Waals surface area contributed by atoms with Gasteiger partial charge in [0.1, 0.15) is 0 Å². The van der Waals surface area contributed by atoms with Crippen LogP contribution in [-0.2, 0) is 4.74 Å². The molecule has 0 unspecified atom stereocenters. The largest absolute Gasteiger partial charge is 0.379 e. The second-order valence-corrected chi connectivity index (χ2v) is 4.71. The van der Waals surface area contributed by atoms with Gasteiger partial charge in [0.25, 0.3) is 0 Å². The van der Waals surface area contributed by atoms with Gasteiger partial charge in [-0.3, -0.25) is 4.98 Å². The van der Waals surface area contributed by atoms with Crippen molar-refractivity contribution < 1.29 is 4.74 Å². The summed E-state index contributed by atoms with van der Waals surface area (Å²) < 4.78 is 5.94. The molecule has 0 aromatic carbocycles. The number of anilines is 1. The van der Waals surface area contributed by atoms with Crippen molar-refractivity contribution >= 4 is 5.69 Å². The molecule has 2 aliphatic rings. The first-order valence-electron chi connectivity index (χ1n) is 5.88. The average molecular weight is 219 g/mol. The van der Waals surface area contributed by atoms with Crippen LogP contribution in [0.4, 0.5) is 5.69 Å². The van der Waals surface area contributed by atoms with E-state index >= 15 is 0 Å². The van der Waals surface area contributed by atoms with Crippen molar-refractivity contribution in [2.24, 2.45) is 0 Å². The predicted octanol–water partition coefficient (Wildman–Crippen LogP) is 1.01. The lowest BCUT2D eigenvalue weighted by Gasteiger charge is -2.20. The average Bonchev–Trinajstić information content (AvgIpc) is 2.92. The van der Waals surface area contributed by atoms with Gasteiger partial charge in [-0.25, -0.2) is 0 Å². The Balaban J connectivity index is 1.62. The maximum Gasteiger partial charge on any atom is 0.0839 e. The molecule has 1 spiro atoms. The summed E-state index contributed by atoms with van der Waals surface area (Å²) in [6.45, 7) is 2.88. The molecule has 0 radical (unpaired) electrons. The van der Waals surface area contributed by atoms with Gasteiger partial charge in [-0.15, -0.1) is 0 Å². The highest BCUT2D eigenvalue weighted by Gasteiger charge is 2.42. The van der Waals surface area contributed by atoms with Crippen molar-refractivity contribution in [1.29, 1.82) is 0 Å². The van der Waals surface area contributed by atoms with Crippen LogP contribution in [0.3, 0.4) is 0 Å². The first-order chi connectivity index (χ1) is 7.86. The summed E-state index contributed by atoms with van der Waals surface area (Å²) in [5.74, 6) is 0. The molecular formula is C12H17N3O. The molecule has 3 heterocycles. The van der Waals surface area contributed by atoms with E-state index in [9.17, 15) is 0 Å². The number of rotatable bonds is 2. The van der Waals surface area contributed by atoms with Crippen LogP contribution in [0.5, 0.6) is 0 Å². The van der Waals surface area contributed by atoms with Crippen molar-refractivity contribution in [3.05, 3.63) is 24.5 Å². The van der Waals surface area contributed by atoms with E-state index in [2.05, 4.69) is 15.6 Å². The summed E-state index contributed by atoms with van der Waals surface area (Å²) in [5.41, 5.74) is 1.18. The number of aromatic nitrogens is 1. The zero-order valence-electron chi connectivity index (χ0n) is 9.28. The van der Waals surface area contributed by atoms with E-state index in [0.717, 1.165) is 38.2 Å². The highest BCUT2D eigenvalue weighted by molar-refractivity contribution is 5.41. The second kappa shape index (κ2) is 4.03. The molecular weight excluding hydrogens is 202 g/mol. The molecule has 2 N–H and O–H groups in total. The summed E-state index contributed by atoms with van der Waals surface area (Å²) in [5, 5.41) is 6.85. The third-order valence-electron chi connectivity index (χ3n) is 3.45. The molecule has 0 amide bonds. The second-order valence-electron chi connectivity index (χ2n) is 4.71. The maximum atomic E-state index is 5.94. The van der Waals surface area contributed by atoms with Gasteiger partial charge in [0, 0.05) is 25.4 Å². The molecule has 3 rings (SSSR count). The molecule has 4 nitrogen and oxygen atoms in total. The molecule has 16 heavy (non-hydrogen) atoms. The summed E-state index contributed by atoms with van der Waals surface area (Å²) in [6, 6.07) is 4.42. The smallest absolute Gasteiger partial charge is 0.0839 e. The lowest BCUT2D eigenvalue weighted by atomic mass is 9.97. The summed E-state index contributed by atoms with van der Waals surface area (Å²) in [4.78, 5) is 4.10. The molecule has 0 aliphatic carbocycles. The molecule has 0 saturated carbocycles. The number of ether oxygens (including phenoxy) is 1. The van der Waals surface area contributed by atoms with Crippen LogP contribution in [0.1, 0.15) is 12.8 Å². The van der Waals surface area contributed by atoms with Crippen molar-refractivity contribution in [3.63, 3.8) is 0 Å². The number of nitrogens with one attached hydrogen (secondary N) is 2. The first kappa shape index (κ1) is 10.1. The minimum Gasteiger partial charge on any atom is -0.379 e. The fourth-order valence-corrected chi connectivity index (χ4v) is 2.64. The fourth-order valence-electron chi connectivity index (χ4n) is 2.64. The highest BCUT2D eigenvalue weighted by Crippen LogP contribution is 2.32. The Morgan fingerprint density at radius 1 is 1.56 bits per heavy atom. The van der Waals surface area contributed by atoms with E-state index in [0.29, 0.717) is 6.04 Å². The Morgan fingerprint density at radius 2 is 2.56 bits per heavy atom. The van der Waals surface area contributed by atoms with Gasteiger partial charge in [-0.2, -0.15) is 0 Å². The van der Waals surface area contributed by atoms with Gasteiger partial charge in [0.05, 0.1) is 23.9 Å². The Bertz CT molecular complexity index is 349. The van der Waals surface area contributed by atoms with E-state index in [1.54, 1.807) is 6.20 Å². The monoisotopic (exact) mass is 219 g/mol. The lowest BCUT2D eigenvalue weighted by Crippen LogP contribution is -2.31. The summed E-state index contributed by atoms with van der Waals surface area (Å²) in [6.07, 6.45) is 5.88. The van der Waals surface area contributed by atoms with E-state index in [1.165, 1.54) is 0 Å². The Morgan fingerprint density at radius 3 is 3.31 bits per heavy atom. The van der Waals surface area contributed by atoms with Crippen molar-refractivity contribution in [3.8, 4) is 0 Å². The Kier molecular flexibility index (Phi) is 2.53. The quantitative estimate of drug-likeness (QED) is 0.779. The lowest BCUT2D eigenvalue weighted by molar-refractivity contribution is 0.0214. The molecule has 0 bridgehead atoms. The minimum atomic E-state index is 0.0971. The van der Waals surface area contributed by atoms with Gasteiger partial charge >= 0.3 is 0 Å². The zero-order chi connectivity index (χ0) is 10.8. The zero-order valence-corrected chi connectivity index (χ0v) is 9.28. The molecule has 2 fully saturated rings. The third kappa shape index (κ3) is 1.90. The van der Waals surface area contributed by atoms with Crippen molar-refractivity contribution in [2.75, 3.05) is 25.0 Å². The third-order valence-corrected chi connectivity index (χ3v) is 3.45. The van der Waals surface area contributed by atoms with E-state index < -0.39 is 0 Å². The van der Waals surface area contributed by atoms with Gasteiger partial charge in [-0.05, 0) is 25.1 Å². The van der Waals surface area contributed by atoms with Gasteiger partial charge in [0.15, 0.2) is 0 Å². The van der Waals surface area contributed by atoms with Gasteiger partial charge in [-0.1, -0.05) is 0 Å². The number of hydrogen-bond acceptors (Lipinski definition) is 4. The topological polar surface area (TPSA) is 46.2 Å². The van der Waals surface area contributed by atoms with Crippen LogP contribution in [0.15, 0.2) is 24.5 Å². The van der Waals surface area contributed by atoms with E-state index in [-0.39, 0.29) is 5.60 Å². The molecule has 2 aliphatic heterocycles. The molecule has 4 heteroatoms. The van der Waals surface area contributed by atoms with Crippen molar-refractivity contribution in [2.45, 2.75) is 24.5 Å². The maximum absolute atomic E-state index is 5.94. The van der Waals surface area contributed by atoms with Crippen LogP contribution in [0.25, 0.3) is 0 Å². The highest BCUT2D eigenvalue weighted by atomic mass is 16.5. The minimum absolute atomic E-state index is 0.0971. The van der Waals surface area contributed by atoms with E-state index in [4.69, 9.17) is 4.74 Å². The Hall–Kier alpha value is -1.13. The normalized spacial score (nSPS) is 33.4. The number of pyridine rings is 1. The summed E-state index contributed by atoms with van der Waals surface area (Å²) in [7, 11) is 0. The van der Waals surface area contributed by atoms with Crippen LogP contribution in [-0.4, -0.2) is 36.3 Å². The van der Waals surface area contributed by atoms with Crippen molar-refractivity contribution in [1.82, 2.24) is 10.3 Å². The van der Waals surface area contributed by atoms with Crippen LogP contribution in [0, 0.1) is 0 Å². The molecule has 2 saturated heterocycles.